The Labute approximate surface area is 160 Å². The molecule has 1 aromatic heterocycles. The Morgan fingerprint density at radius 1 is 1.22 bits per heavy atom. The Kier molecular flexibility index (Phi) is 4.53. The van der Waals surface area contributed by atoms with E-state index in [1.807, 2.05) is 42.5 Å². The number of esters is 1. The zero-order chi connectivity index (χ0) is 19.0. The van der Waals surface area contributed by atoms with Crippen molar-refractivity contribution < 1.29 is 19.1 Å². The Balaban J connectivity index is 1.73. The summed E-state index contributed by atoms with van der Waals surface area (Å²) in [4.78, 5) is 30.6. The predicted molar refractivity (Wildman–Crippen MR) is 104 cm³/mol. The molecular weight excluding hydrogens is 364 g/mol. The summed E-state index contributed by atoms with van der Waals surface area (Å²) in [5, 5.41) is 0.872. The molecule has 0 spiro atoms. The molecule has 3 aromatic rings. The number of hydrogen-bond donors (Lipinski definition) is 0. The molecule has 2 heterocycles. The van der Waals surface area contributed by atoms with E-state index in [4.69, 9.17) is 9.47 Å². The van der Waals surface area contributed by atoms with E-state index in [2.05, 4.69) is 4.98 Å². The number of rotatable bonds is 4. The maximum Gasteiger partial charge on any atom is 0.311 e. The Hall–Kier alpha value is -2.93. The van der Waals surface area contributed by atoms with E-state index in [1.54, 1.807) is 23.3 Å². The fourth-order valence-corrected chi connectivity index (χ4v) is 4.26. The SMILES string of the molecule is COC(=O)C1CC(=O)N(c2cc(-c3nc4ccccc4s3)ccc2OC)C1. The third kappa shape index (κ3) is 3.14. The summed E-state index contributed by atoms with van der Waals surface area (Å²) < 4.78 is 11.3. The minimum Gasteiger partial charge on any atom is -0.495 e. The summed E-state index contributed by atoms with van der Waals surface area (Å²) in [6.07, 6.45) is 0.140. The highest BCUT2D eigenvalue weighted by atomic mass is 32.1. The number of para-hydroxylation sites is 1. The highest BCUT2D eigenvalue weighted by Crippen LogP contribution is 2.38. The van der Waals surface area contributed by atoms with Gasteiger partial charge in [-0.2, -0.15) is 0 Å². The van der Waals surface area contributed by atoms with Crippen LogP contribution in [0.3, 0.4) is 0 Å². The third-order valence-electron chi connectivity index (χ3n) is 4.67. The lowest BCUT2D eigenvalue weighted by Crippen LogP contribution is -2.26. The second kappa shape index (κ2) is 7.00. The first kappa shape index (κ1) is 17.5. The molecule has 2 aromatic carbocycles. The summed E-state index contributed by atoms with van der Waals surface area (Å²) >= 11 is 1.60. The lowest BCUT2D eigenvalue weighted by atomic mass is 10.1. The Bertz CT molecular complexity index is 997. The fraction of sp³-hybridized carbons (Fsp3) is 0.250. The van der Waals surface area contributed by atoms with Crippen LogP contribution < -0.4 is 9.64 Å². The lowest BCUT2D eigenvalue weighted by molar-refractivity contribution is -0.145. The molecule has 0 aliphatic carbocycles. The molecule has 1 atom stereocenters. The maximum absolute atomic E-state index is 12.5. The van der Waals surface area contributed by atoms with Crippen molar-refractivity contribution >= 4 is 39.1 Å². The van der Waals surface area contributed by atoms with Crippen molar-refractivity contribution in [1.82, 2.24) is 4.98 Å². The van der Waals surface area contributed by atoms with Crippen LogP contribution in [0.25, 0.3) is 20.8 Å². The largest absolute Gasteiger partial charge is 0.495 e. The maximum atomic E-state index is 12.5. The number of carbonyl (C=O) groups excluding carboxylic acids is 2. The normalized spacial score (nSPS) is 16.7. The molecule has 0 saturated carbocycles. The van der Waals surface area contributed by atoms with Gasteiger partial charge < -0.3 is 14.4 Å². The predicted octanol–water partition coefficient (Wildman–Crippen LogP) is 3.50. The quantitative estimate of drug-likeness (QED) is 0.646. The van der Waals surface area contributed by atoms with Gasteiger partial charge in [-0.1, -0.05) is 12.1 Å². The number of benzene rings is 2. The summed E-state index contributed by atoms with van der Waals surface area (Å²) in [7, 11) is 2.90. The molecule has 7 heteroatoms. The highest BCUT2D eigenvalue weighted by Gasteiger charge is 2.37. The molecule has 0 N–H and O–H groups in total. The fourth-order valence-electron chi connectivity index (χ4n) is 3.29. The van der Waals surface area contributed by atoms with Gasteiger partial charge in [0.25, 0.3) is 0 Å². The number of thiazole rings is 1. The van der Waals surface area contributed by atoms with Gasteiger partial charge in [0.15, 0.2) is 0 Å². The molecule has 1 amide bonds. The van der Waals surface area contributed by atoms with Crippen LogP contribution in [0, 0.1) is 5.92 Å². The van der Waals surface area contributed by atoms with E-state index in [9.17, 15) is 9.59 Å². The van der Waals surface area contributed by atoms with Crippen molar-refractivity contribution in [3.63, 3.8) is 0 Å². The molecule has 0 bridgehead atoms. The molecular formula is C20H18N2O4S. The second-order valence-corrected chi connectivity index (χ2v) is 7.33. The van der Waals surface area contributed by atoms with Crippen molar-refractivity contribution in [3.05, 3.63) is 42.5 Å². The molecule has 1 saturated heterocycles. The van der Waals surface area contributed by atoms with Crippen LogP contribution in [0.1, 0.15) is 6.42 Å². The average Bonchev–Trinajstić information content (AvgIpc) is 3.30. The Morgan fingerprint density at radius 2 is 2.04 bits per heavy atom. The number of anilines is 1. The summed E-state index contributed by atoms with van der Waals surface area (Å²) in [5.74, 6) is -0.366. The summed E-state index contributed by atoms with van der Waals surface area (Å²) in [6, 6.07) is 13.6. The number of aromatic nitrogens is 1. The minimum atomic E-state index is -0.460. The van der Waals surface area contributed by atoms with Gasteiger partial charge in [-0.25, -0.2) is 4.98 Å². The van der Waals surface area contributed by atoms with Gasteiger partial charge in [0, 0.05) is 18.5 Å². The van der Waals surface area contributed by atoms with E-state index < -0.39 is 5.92 Å². The number of fused-ring (bicyclic) bond motifs is 1. The standard InChI is InChI=1S/C20H18N2O4S/c1-25-16-8-7-12(19-21-14-5-3-4-6-17(14)27-19)9-15(16)22-11-13(10-18(22)23)20(24)26-2/h3-9,13H,10-11H2,1-2H3. The topological polar surface area (TPSA) is 68.7 Å². The van der Waals surface area contributed by atoms with E-state index in [-0.39, 0.29) is 24.8 Å². The molecule has 1 aliphatic rings. The van der Waals surface area contributed by atoms with Gasteiger partial charge in [0.2, 0.25) is 5.91 Å². The van der Waals surface area contributed by atoms with Crippen LogP contribution in [0.4, 0.5) is 5.69 Å². The van der Waals surface area contributed by atoms with E-state index >= 15 is 0 Å². The van der Waals surface area contributed by atoms with E-state index in [0.717, 1.165) is 20.8 Å². The van der Waals surface area contributed by atoms with Crippen LogP contribution >= 0.6 is 11.3 Å². The van der Waals surface area contributed by atoms with Crippen LogP contribution in [0.15, 0.2) is 42.5 Å². The van der Waals surface area contributed by atoms with Crippen molar-refractivity contribution in [1.29, 1.82) is 0 Å². The molecule has 138 valence electrons. The van der Waals surface area contributed by atoms with Gasteiger partial charge in [0.1, 0.15) is 10.8 Å². The van der Waals surface area contributed by atoms with Crippen molar-refractivity contribution in [3.8, 4) is 16.3 Å². The molecule has 6 nitrogen and oxygen atoms in total. The average molecular weight is 382 g/mol. The van der Waals surface area contributed by atoms with Crippen molar-refractivity contribution in [2.24, 2.45) is 5.92 Å². The monoisotopic (exact) mass is 382 g/mol. The number of ether oxygens (including phenoxy) is 2. The molecule has 1 unspecified atom stereocenters. The number of methoxy groups -OCH3 is 2. The van der Waals surface area contributed by atoms with Crippen LogP contribution in [-0.2, 0) is 14.3 Å². The van der Waals surface area contributed by atoms with Crippen LogP contribution in [0.2, 0.25) is 0 Å². The zero-order valence-corrected chi connectivity index (χ0v) is 15.8. The molecule has 0 radical (unpaired) electrons. The zero-order valence-electron chi connectivity index (χ0n) is 15.0. The smallest absolute Gasteiger partial charge is 0.311 e. The van der Waals surface area contributed by atoms with Crippen molar-refractivity contribution in [2.75, 3.05) is 25.7 Å². The summed E-state index contributed by atoms with van der Waals surface area (Å²) in [5.41, 5.74) is 2.49. The second-order valence-electron chi connectivity index (χ2n) is 6.30. The van der Waals surface area contributed by atoms with Crippen LogP contribution in [-0.4, -0.2) is 37.6 Å². The molecule has 27 heavy (non-hydrogen) atoms. The van der Waals surface area contributed by atoms with Crippen molar-refractivity contribution in [2.45, 2.75) is 6.42 Å². The summed E-state index contributed by atoms with van der Waals surface area (Å²) in [6.45, 7) is 0.283. The molecule has 4 rings (SSSR count). The van der Waals surface area contributed by atoms with Crippen LogP contribution in [0.5, 0.6) is 5.75 Å². The first-order valence-electron chi connectivity index (χ1n) is 8.53. The molecule has 1 aliphatic heterocycles. The van der Waals surface area contributed by atoms with Gasteiger partial charge in [-0.15, -0.1) is 11.3 Å². The molecule has 1 fully saturated rings. The lowest BCUT2D eigenvalue weighted by Gasteiger charge is -2.20. The van der Waals surface area contributed by atoms with Gasteiger partial charge in [0.05, 0.1) is 36.0 Å². The Morgan fingerprint density at radius 3 is 2.78 bits per heavy atom. The number of nitrogens with zero attached hydrogens (tertiary/aromatic N) is 2. The number of amides is 1. The van der Waals surface area contributed by atoms with Gasteiger partial charge >= 0.3 is 5.97 Å². The first-order chi connectivity index (χ1) is 13.1. The van der Waals surface area contributed by atoms with E-state index in [0.29, 0.717) is 11.4 Å². The number of hydrogen-bond acceptors (Lipinski definition) is 6. The third-order valence-corrected chi connectivity index (χ3v) is 5.76. The first-order valence-corrected chi connectivity index (χ1v) is 9.34. The van der Waals surface area contributed by atoms with Gasteiger partial charge in [-0.3, -0.25) is 9.59 Å². The minimum absolute atomic E-state index is 0.120. The number of carbonyl (C=O) groups is 2. The highest BCUT2D eigenvalue weighted by molar-refractivity contribution is 7.21. The van der Waals surface area contributed by atoms with E-state index in [1.165, 1.54) is 7.11 Å². The van der Waals surface area contributed by atoms with Gasteiger partial charge in [-0.05, 0) is 30.3 Å².